The molecule has 1 aromatic carbocycles. The number of amides is 2. The number of piperazine rings is 1. The standard InChI is InChI=1S/C24H32N4O2/c1-18-6-9-22(10-7-18)28-19(2)16-21(20(28)3)8-11-23(29)26-12-14-27(15-13-26)24(30)17-25(4)5/h6-11,16H,12-15,17H2,1-5H3. The second-order valence-corrected chi connectivity index (χ2v) is 8.27. The molecule has 6 nitrogen and oxygen atoms in total. The van der Waals surface area contributed by atoms with Gasteiger partial charge in [-0.2, -0.15) is 0 Å². The van der Waals surface area contributed by atoms with E-state index in [1.54, 1.807) is 6.08 Å². The summed E-state index contributed by atoms with van der Waals surface area (Å²) in [6.07, 6.45) is 3.55. The molecule has 0 N–H and O–H groups in total. The predicted octanol–water partition coefficient (Wildman–Crippen LogP) is 2.65. The van der Waals surface area contributed by atoms with E-state index in [-0.39, 0.29) is 11.8 Å². The number of aromatic nitrogens is 1. The van der Waals surface area contributed by atoms with Crippen LogP contribution in [0.5, 0.6) is 0 Å². The zero-order valence-electron chi connectivity index (χ0n) is 18.7. The maximum Gasteiger partial charge on any atom is 0.246 e. The molecule has 3 rings (SSSR count). The van der Waals surface area contributed by atoms with Crippen LogP contribution >= 0.6 is 0 Å². The first-order valence-corrected chi connectivity index (χ1v) is 10.4. The molecule has 0 unspecified atom stereocenters. The number of aryl methyl sites for hydroxylation is 2. The molecule has 1 aliphatic heterocycles. The summed E-state index contributed by atoms with van der Waals surface area (Å²) >= 11 is 0. The molecule has 30 heavy (non-hydrogen) atoms. The van der Waals surface area contributed by atoms with E-state index in [0.29, 0.717) is 32.7 Å². The summed E-state index contributed by atoms with van der Waals surface area (Å²) in [6, 6.07) is 10.6. The van der Waals surface area contributed by atoms with Gasteiger partial charge in [-0.25, -0.2) is 0 Å². The fourth-order valence-electron chi connectivity index (χ4n) is 3.86. The van der Waals surface area contributed by atoms with Gasteiger partial charge in [-0.15, -0.1) is 0 Å². The topological polar surface area (TPSA) is 48.8 Å². The van der Waals surface area contributed by atoms with Crippen LogP contribution in [0.3, 0.4) is 0 Å². The van der Waals surface area contributed by atoms with Crippen molar-refractivity contribution in [3.63, 3.8) is 0 Å². The predicted molar refractivity (Wildman–Crippen MR) is 121 cm³/mol. The summed E-state index contributed by atoms with van der Waals surface area (Å²) < 4.78 is 2.21. The Bertz CT molecular complexity index is 933. The van der Waals surface area contributed by atoms with E-state index in [4.69, 9.17) is 0 Å². The summed E-state index contributed by atoms with van der Waals surface area (Å²) in [6.45, 7) is 8.97. The summed E-state index contributed by atoms with van der Waals surface area (Å²) in [5.41, 5.74) is 5.65. The lowest BCUT2D eigenvalue weighted by Crippen LogP contribution is -2.51. The molecule has 0 atom stereocenters. The zero-order chi connectivity index (χ0) is 21.8. The van der Waals surface area contributed by atoms with Gasteiger partial charge in [-0.05, 0) is 64.7 Å². The molecule has 2 amide bonds. The highest BCUT2D eigenvalue weighted by atomic mass is 16.2. The molecule has 1 aromatic heterocycles. The minimum atomic E-state index is -0.00477. The van der Waals surface area contributed by atoms with Crippen LogP contribution in [0.4, 0.5) is 0 Å². The number of nitrogens with zero attached hydrogens (tertiary/aromatic N) is 4. The number of carbonyl (C=O) groups is 2. The average molecular weight is 409 g/mol. The Balaban J connectivity index is 1.64. The van der Waals surface area contributed by atoms with Crippen molar-refractivity contribution in [2.24, 2.45) is 0 Å². The molecule has 6 heteroatoms. The van der Waals surface area contributed by atoms with Gasteiger partial charge in [0.1, 0.15) is 0 Å². The van der Waals surface area contributed by atoms with Gasteiger partial charge in [0.05, 0.1) is 6.54 Å². The molecule has 1 saturated heterocycles. The summed E-state index contributed by atoms with van der Waals surface area (Å²) in [4.78, 5) is 30.3. The lowest BCUT2D eigenvalue weighted by atomic mass is 10.2. The molecule has 2 aromatic rings. The molecular formula is C24H32N4O2. The van der Waals surface area contributed by atoms with Crippen LogP contribution in [-0.2, 0) is 9.59 Å². The first-order valence-electron chi connectivity index (χ1n) is 10.4. The molecule has 0 radical (unpaired) electrons. The highest BCUT2D eigenvalue weighted by Crippen LogP contribution is 2.22. The monoisotopic (exact) mass is 408 g/mol. The van der Waals surface area contributed by atoms with Crippen LogP contribution in [-0.4, -0.2) is 77.9 Å². The van der Waals surface area contributed by atoms with Gasteiger partial charge in [0.2, 0.25) is 11.8 Å². The van der Waals surface area contributed by atoms with Gasteiger partial charge in [-0.3, -0.25) is 9.59 Å². The van der Waals surface area contributed by atoms with Gasteiger partial charge in [-0.1, -0.05) is 17.7 Å². The van der Waals surface area contributed by atoms with Crippen LogP contribution in [0.1, 0.15) is 22.5 Å². The molecule has 0 aliphatic carbocycles. The molecule has 1 aliphatic rings. The van der Waals surface area contributed by atoms with Crippen LogP contribution < -0.4 is 0 Å². The van der Waals surface area contributed by atoms with Crippen molar-refractivity contribution in [1.82, 2.24) is 19.3 Å². The molecule has 1 fully saturated rings. The average Bonchev–Trinajstić information content (AvgIpc) is 3.00. The number of hydrogen-bond donors (Lipinski definition) is 0. The van der Waals surface area contributed by atoms with Gasteiger partial charge in [0.25, 0.3) is 0 Å². The van der Waals surface area contributed by atoms with Crippen LogP contribution in [0.2, 0.25) is 0 Å². The van der Waals surface area contributed by atoms with E-state index < -0.39 is 0 Å². The Labute approximate surface area is 179 Å². The molecule has 2 heterocycles. The highest BCUT2D eigenvalue weighted by Gasteiger charge is 2.23. The Kier molecular flexibility index (Phi) is 6.77. The number of carbonyl (C=O) groups excluding carboxylic acids is 2. The molecule has 0 spiro atoms. The Morgan fingerprint density at radius 3 is 2.17 bits per heavy atom. The maximum atomic E-state index is 12.7. The molecule has 160 valence electrons. The van der Waals surface area contributed by atoms with Gasteiger partial charge >= 0.3 is 0 Å². The minimum Gasteiger partial charge on any atom is -0.338 e. The molecular weight excluding hydrogens is 376 g/mol. The van der Waals surface area contributed by atoms with Crippen molar-refractivity contribution in [3.8, 4) is 5.69 Å². The number of rotatable bonds is 5. The van der Waals surface area contributed by atoms with Crippen LogP contribution in [0, 0.1) is 20.8 Å². The van der Waals surface area contributed by atoms with Gasteiger partial charge in [0, 0.05) is 49.3 Å². The molecule has 0 bridgehead atoms. The number of likely N-dealkylation sites (N-methyl/N-ethyl adjacent to an activating group) is 1. The SMILES string of the molecule is Cc1ccc(-n2c(C)cc(C=CC(=O)N3CCN(C(=O)CN(C)C)CC3)c2C)cc1. The highest BCUT2D eigenvalue weighted by molar-refractivity contribution is 5.92. The smallest absolute Gasteiger partial charge is 0.246 e. The summed E-state index contributed by atoms with van der Waals surface area (Å²) in [5.74, 6) is 0.112. The number of benzene rings is 1. The minimum absolute atomic E-state index is 0.00477. The zero-order valence-corrected chi connectivity index (χ0v) is 18.7. The van der Waals surface area contributed by atoms with E-state index in [1.165, 1.54) is 5.56 Å². The van der Waals surface area contributed by atoms with E-state index in [1.807, 2.05) is 34.9 Å². The van der Waals surface area contributed by atoms with E-state index in [9.17, 15) is 9.59 Å². The van der Waals surface area contributed by atoms with Gasteiger partial charge in [0.15, 0.2) is 0 Å². The summed E-state index contributed by atoms with van der Waals surface area (Å²) in [5, 5.41) is 0. The van der Waals surface area contributed by atoms with Gasteiger partial charge < -0.3 is 19.3 Å². The van der Waals surface area contributed by atoms with Crippen LogP contribution in [0.25, 0.3) is 11.8 Å². The van der Waals surface area contributed by atoms with Crippen molar-refractivity contribution in [2.45, 2.75) is 20.8 Å². The quantitative estimate of drug-likeness (QED) is 0.715. The van der Waals surface area contributed by atoms with E-state index >= 15 is 0 Å². The van der Waals surface area contributed by atoms with E-state index in [0.717, 1.165) is 22.6 Å². The second kappa shape index (κ2) is 9.30. The lowest BCUT2D eigenvalue weighted by Gasteiger charge is -2.34. The Hall–Kier alpha value is -2.86. The third kappa shape index (κ3) is 5.00. The molecule has 0 saturated carbocycles. The third-order valence-electron chi connectivity index (χ3n) is 5.56. The van der Waals surface area contributed by atoms with Crippen molar-refractivity contribution in [3.05, 3.63) is 58.9 Å². The Morgan fingerprint density at radius 2 is 1.57 bits per heavy atom. The van der Waals surface area contributed by atoms with Crippen molar-refractivity contribution in [2.75, 3.05) is 46.8 Å². The second-order valence-electron chi connectivity index (χ2n) is 8.27. The van der Waals surface area contributed by atoms with E-state index in [2.05, 4.69) is 55.7 Å². The fraction of sp³-hybridized carbons (Fsp3) is 0.417. The van der Waals surface area contributed by atoms with Crippen molar-refractivity contribution in [1.29, 1.82) is 0 Å². The first-order chi connectivity index (χ1) is 14.3. The lowest BCUT2D eigenvalue weighted by molar-refractivity contribution is -0.137. The Morgan fingerprint density at radius 1 is 0.967 bits per heavy atom. The maximum absolute atomic E-state index is 12.7. The fourth-order valence-corrected chi connectivity index (χ4v) is 3.86. The normalized spacial score (nSPS) is 14.7. The summed E-state index contributed by atoms with van der Waals surface area (Å²) in [7, 11) is 3.77. The van der Waals surface area contributed by atoms with Crippen molar-refractivity contribution < 1.29 is 9.59 Å². The largest absolute Gasteiger partial charge is 0.338 e. The van der Waals surface area contributed by atoms with Crippen LogP contribution in [0.15, 0.2) is 36.4 Å². The number of hydrogen-bond acceptors (Lipinski definition) is 3. The third-order valence-corrected chi connectivity index (χ3v) is 5.56. The van der Waals surface area contributed by atoms with Crippen molar-refractivity contribution >= 4 is 17.9 Å². The first kappa shape index (κ1) is 21.8.